The molecule has 0 amide bonds. The number of hydrogen-bond donors (Lipinski definition) is 1. The molecule has 4 nitrogen and oxygen atoms in total. The van der Waals surface area contributed by atoms with Crippen LogP contribution in [-0.2, 0) is 4.74 Å². The number of carbonyl (C=O) groups is 2. The van der Waals surface area contributed by atoms with Gasteiger partial charge in [0, 0.05) is 22.5 Å². The summed E-state index contributed by atoms with van der Waals surface area (Å²) in [5.41, 5.74) is 0.883. The van der Waals surface area contributed by atoms with E-state index in [0.717, 1.165) is 0 Å². The van der Waals surface area contributed by atoms with E-state index >= 15 is 0 Å². The van der Waals surface area contributed by atoms with Crippen LogP contribution < -0.4 is 5.32 Å². The molecule has 0 saturated heterocycles. The van der Waals surface area contributed by atoms with Crippen LogP contribution in [0.2, 0.25) is 10.0 Å². The zero-order valence-electron chi connectivity index (χ0n) is 14.9. The number of ketones is 1. The maximum absolute atomic E-state index is 13.1. The molecule has 7 heteroatoms. The Morgan fingerprint density at radius 2 is 1.62 bits per heavy atom. The molecule has 1 N–H and O–H groups in total. The molecule has 0 aliphatic rings. The second kappa shape index (κ2) is 9.37. The van der Waals surface area contributed by atoms with Gasteiger partial charge in [0.1, 0.15) is 5.82 Å². The number of benzene rings is 3. The molecule has 0 spiro atoms. The first-order valence-corrected chi connectivity index (χ1v) is 9.19. The fourth-order valence-electron chi connectivity index (χ4n) is 2.38. The molecule has 29 heavy (non-hydrogen) atoms. The van der Waals surface area contributed by atoms with E-state index in [9.17, 15) is 14.0 Å². The van der Waals surface area contributed by atoms with Gasteiger partial charge in [-0.25, -0.2) is 9.18 Å². The van der Waals surface area contributed by atoms with Gasteiger partial charge in [-0.3, -0.25) is 4.79 Å². The van der Waals surface area contributed by atoms with Gasteiger partial charge < -0.3 is 10.1 Å². The molecule has 0 aromatic heterocycles. The number of carbonyl (C=O) groups excluding carboxylic acids is 2. The first-order valence-electron chi connectivity index (χ1n) is 8.43. The van der Waals surface area contributed by atoms with E-state index in [4.69, 9.17) is 27.9 Å². The average Bonchev–Trinajstić information content (AvgIpc) is 2.72. The average molecular weight is 430 g/mol. The molecule has 0 heterocycles. The van der Waals surface area contributed by atoms with Gasteiger partial charge in [-0.05, 0) is 54.6 Å². The predicted octanol–water partition coefficient (Wildman–Crippen LogP) is 6.13. The summed E-state index contributed by atoms with van der Waals surface area (Å²) in [5, 5.41) is 3.29. The van der Waals surface area contributed by atoms with Gasteiger partial charge in [0.25, 0.3) is 0 Å². The van der Waals surface area contributed by atoms with Crippen molar-refractivity contribution in [2.75, 3.05) is 5.32 Å². The number of halogens is 3. The highest BCUT2D eigenvalue weighted by Gasteiger charge is 2.21. The molecule has 3 aromatic rings. The summed E-state index contributed by atoms with van der Waals surface area (Å²) in [6.45, 7) is 0. The van der Waals surface area contributed by atoms with Crippen LogP contribution in [0.15, 0.2) is 84.8 Å². The third-order valence-electron chi connectivity index (χ3n) is 3.83. The van der Waals surface area contributed by atoms with Crippen LogP contribution in [0, 0.1) is 5.82 Å². The smallest absolute Gasteiger partial charge is 0.343 e. The van der Waals surface area contributed by atoms with Gasteiger partial charge in [-0.2, -0.15) is 0 Å². The maximum Gasteiger partial charge on any atom is 0.343 e. The molecule has 0 aliphatic heterocycles. The van der Waals surface area contributed by atoms with E-state index in [-0.39, 0.29) is 21.9 Å². The molecule has 0 fully saturated rings. The number of hydrogen-bond acceptors (Lipinski definition) is 4. The van der Waals surface area contributed by atoms with Crippen molar-refractivity contribution in [3.05, 3.63) is 112 Å². The molecular formula is C22H14Cl2FNO3. The highest BCUT2D eigenvalue weighted by Crippen LogP contribution is 2.24. The van der Waals surface area contributed by atoms with Crippen LogP contribution in [0.25, 0.3) is 0 Å². The highest BCUT2D eigenvalue weighted by atomic mass is 35.5. The van der Waals surface area contributed by atoms with Crippen LogP contribution in [-0.4, -0.2) is 11.8 Å². The summed E-state index contributed by atoms with van der Waals surface area (Å²) in [7, 11) is 0. The molecule has 0 radical (unpaired) electrons. The van der Waals surface area contributed by atoms with Gasteiger partial charge in [0.05, 0.1) is 10.6 Å². The Labute approximate surface area is 176 Å². The molecular weight excluding hydrogens is 416 g/mol. The van der Waals surface area contributed by atoms with Crippen molar-refractivity contribution >= 4 is 40.6 Å². The third-order valence-corrected chi connectivity index (χ3v) is 4.37. The lowest BCUT2D eigenvalue weighted by Crippen LogP contribution is -2.14. The fraction of sp³-hybridized carbons (Fsp3) is 0. The van der Waals surface area contributed by atoms with Crippen molar-refractivity contribution in [1.29, 1.82) is 0 Å². The Morgan fingerprint density at radius 3 is 2.28 bits per heavy atom. The van der Waals surface area contributed by atoms with Crippen LogP contribution in [0.4, 0.5) is 10.1 Å². The number of rotatable bonds is 6. The monoisotopic (exact) mass is 429 g/mol. The number of allylic oxidation sites excluding steroid dienone is 1. The van der Waals surface area contributed by atoms with Crippen molar-refractivity contribution < 1.29 is 18.7 Å². The lowest BCUT2D eigenvalue weighted by Gasteiger charge is -2.11. The number of Topliss-reactive ketones (excluding diaryl/α,β-unsaturated/α-hetero) is 1. The molecule has 0 unspecified atom stereocenters. The van der Waals surface area contributed by atoms with E-state index in [1.165, 1.54) is 48.7 Å². The topological polar surface area (TPSA) is 55.4 Å². The molecule has 0 atom stereocenters. The lowest BCUT2D eigenvalue weighted by atomic mass is 10.1. The summed E-state index contributed by atoms with van der Waals surface area (Å²) in [6.07, 6.45) is 1.22. The normalized spacial score (nSPS) is 11.1. The van der Waals surface area contributed by atoms with Crippen molar-refractivity contribution in [1.82, 2.24) is 0 Å². The van der Waals surface area contributed by atoms with Gasteiger partial charge in [-0.1, -0.05) is 41.4 Å². The van der Waals surface area contributed by atoms with Crippen LogP contribution in [0.1, 0.15) is 20.7 Å². The van der Waals surface area contributed by atoms with Gasteiger partial charge in [-0.15, -0.1) is 0 Å². The first-order chi connectivity index (χ1) is 13.9. The summed E-state index contributed by atoms with van der Waals surface area (Å²) in [6, 6.07) is 18.0. The largest absolute Gasteiger partial charge is 0.417 e. The van der Waals surface area contributed by atoms with Crippen LogP contribution in [0.3, 0.4) is 0 Å². The minimum Gasteiger partial charge on any atom is -0.417 e. The highest BCUT2D eigenvalue weighted by molar-refractivity contribution is 6.37. The SMILES string of the molecule is O=C(OC(=CNc1ccc(F)cc1)C(=O)c1ccc(Cl)cc1Cl)c1ccccc1. The molecule has 0 saturated carbocycles. The third kappa shape index (κ3) is 5.44. The minimum absolute atomic E-state index is 0.115. The number of esters is 1. The molecule has 146 valence electrons. The molecule has 0 aliphatic carbocycles. The van der Waals surface area contributed by atoms with Crippen molar-refractivity contribution in [2.24, 2.45) is 0 Å². The lowest BCUT2D eigenvalue weighted by molar-refractivity contribution is 0.0588. The quantitative estimate of drug-likeness (QED) is 0.221. The van der Waals surface area contributed by atoms with E-state index in [2.05, 4.69) is 5.32 Å². The number of anilines is 1. The Morgan fingerprint density at radius 1 is 0.931 bits per heavy atom. The molecule has 3 aromatic carbocycles. The predicted molar refractivity (Wildman–Crippen MR) is 111 cm³/mol. The number of nitrogens with one attached hydrogen (secondary N) is 1. The van der Waals surface area contributed by atoms with E-state index in [0.29, 0.717) is 10.7 Å². The van der Waals surface area contributed by atoms with Gasteiger partial charge in [0.2, 0.25) is 5.78 Å². The van der Waals surface area contributed by atoms with Gasteiger partial charge >= 0.3 is 5.97 Å². The summed E-state index contributed by atoms with van der Waals surface area (Å²) in [5.74, 6) is -2.02. The Balaban J connectivity index is 1.91. The number of ether oxygens (including phenoxy) is 1. The molecule has 0 bridgehead atoms. The van der Waals surface area contributed by atoms with Crippen LogP contribution in [0.5, 0.6) is 0 Å². The summed E-state index contributed by atoms with van der Waals surface area (Å²) < 4.78 is 18.4. The fourth-order valence-corrected chi connectivity index (χ4v) is 2.87. The van der Waals surface area contributed by atoms with E-state index in [1.807, 2.05) is 0 Å². The second-order valence-corrected chi connectivity index (χ2v) is 6.71. The Bertz CT molecular complexity index is 1070. The zero-order valence-corrected chi connectivity index (χ0v) is 16.4. The Hall–Kier alpha value is -3.15. The first kappa shape index (κ1) is 20.6. The van der Waals surface area contributed by atoms with Crippen LogP contribution >= 0.6 is 23.2 Å². The van der Waals surface area contributed by atoms with E-state index in [1.54, 1.807) is 30.3 Å². The minimum atomic E-state index is -0.712. The molecule has 3 rings (SSSR count). The standard InChI is InChI=1S/C22H14Cl2FNO3/c23-15-6-11-18(19(24)12-15)21(27)20(13-26-17-9-7-16(25)8-10-17)29-22(28)14-4-2-1-3-5-14/h1-13,26H. The second-order valence-electron chi connectivity index (χ2n) is 5.87. The van der Waals surface area contributed by atoms with Gasteiger partial charge in [0.15, 0.2) is 5.76 Å². The van der Waals surface area contributed by atoms with E-state index < -0.39 is 17.6 Å². The van der Waals surface area contributed by atoms with Crippen molar-refractivity contribution in [2.45, 2.75) is 0 Å². The van der Waals surface area contributed by atoms with Crippen molar-refractivity contribution in [3.63, 3.8) is 0 Å². The summed E-state index contributed by atoms with van der Waals surface area (Å²) >= 11 is 12.0. The zero-order chi connectivity index (χ0) is 20.8. The Kier molecular flexibility index (Phi) is 6.65. The summed E-state index contributed by atoms with van der Waals surface area (Å²) in [4.78, 5) is 25.4. The van der Waals surface area contributed by atoms with Crippen molar-refractivity contribution in [3.8, 4) is 0 Å². The maximum atomic E-state index is 13.1.